The Hall–Kier alpha value is -3.11. The van der Waals surface area contributed by atoms with Crippen LogP contribution in [0, 0.1) is 0 Å². The number of hydrogen-bond donors (Lipinski definition) is 4. The molecule has 0 aromatic rings. The molecule has 1 aliphatic carbocycles. The van der Waals surface area contributed by atoms with E-state index in [-0.39, 0.29) is 30.3 Å². The number of amides is 3. The second kappa shape index (κ2) is 10.3. The summed E-state index contributed by atoms with van der Waals surface area (Å²) in [6, 6.07) is -1.17. The highest BCUT2D eigenvalue weighted by molar-refractivity contribution is 5.99. The molecule has 0 fully saturated rings. The van der Waals surface area contributed by atoms with E-state index >= 15 is 0 Å². The molecule has 3 amide bonds. The van der Waals surface area contributed by atoms with Gasteiger partial charge in [-0.15, -0.1) is 4.99 Å². The Kier molecular flexibility index (Phi) is 8.59. The van der Waals surface area contributed by atoms with E-state index in [4.69, 9.17) is 9.47 Å². The van der Waals surface area contributed by atoms with E-state index < -0.39 is 41.4 Å². The fourth-order valence-corrected chi connectivity index (χ4v) is 2.69. The van der Waals surface area contributed by atoms with Crippen LogP contribution in [0.3, 0.4) is 0 Å². The minimum Gasteiger partial charge on any atom is -0.478 e. The summed E-state index contributed by atoms with van der Waals surface area (Å²) in [7, 11) is 0. The number of carboxylic acid groups (broad SMARTS) is 1. The molecule has 0 aliphatic heterocycles. The molecule has 4 N–H and O–H groups in total. The predicted octanol–water partition coefficient (Wildman–Crippen LogP) is 2.07. The number of ether oxygens (including phenoxy) is 2. The number of carbonyl (C=O) groups is 4. The number of guanidine groups is 1. The van der Waals surface area contributed by atoms with Crippen LogP contribution in [0.15, 0.2) is 16.6 Å². The number of nitrogens with one attached hydrogen (secondary N) is 3. The molecule has 1 aliphatic rings. The number of alkyl carbamates (subject to hydrolysis) is 1. The highest BCUT2D eigenvalue weighted by atomic mass is 16.6. The molecule has 0 heterocycles. The first-order valence-electron chi connectivity index (χ1n) is 9.83. The molecule has 0 aromatic heterocycles. The SMILES string of the molecule is CC(=O)N[C@H]1CC=C(C(=O)O)C[C@@H]1N/C(=N/C(=O)OC(C)(C)C)NC(=O)OC(C)(C)C. The van der Waals surface area contributed by atoms with Gasteiger partial charge in [0.05, 0.1) is 12.1 Å². The van der Waals surface area contributed by atoms with Gasteiger partial charge in [-0.1, -0.05) is 6.08 Å². The molecule has 0 aromatic carbocycles. The van der Waals surface area contributed by atoms with E-state index in [0.717, 1.165) is 0 Å². The second-order valence-electron chi connectivity index (χ2n) is 9.10. The van der Waals surface area contributed by atoms with Crippen LogP contribution in [-0.2, 0) is 19.1 Å². The molecule has 0 bridgehead atoms. The van der Waals surface area contributed by atoms with Gasteiger partial charge in [0.15, 0.2) is 0 Å². The first-order valence-corrected chi connectivity index (χ1v) is 9.83. The lowest BCUT2D eigenvalue weighted by Crippen LogP contribution is -2.56. The third kappa shape index (κ3) is 10.5. The second-order valence-corrected chi connectivity index (χ2v) is 9.10. The lowest BCUT2D eigenvalue weighted by atomic mass is 9.90. The third-order valence-electron chi connectivity index (χ3n) is 3.75. The van der Waals surface area contributed by atoms with Crippen LogP contribution in [0.5, 0.6) is 0 Å². The van der Waals surface area contributed by atoms with Crippen molar-refractivity contribution in [3.05, 3.63) is 11.6 Å². The highest BCUT2D eigenvalue weighted by Gasteiger charge is 2.31. The van der Waals surface area contributed by atoms with Gasteiger partial charge >= 0.3 is 18.2 Å². The van der Waals surface area contributed by atoms with Crippen LogP contribution in [0.25, 0.3) is 0 Å². The average molecular weight is 440 g/mol. The number of aliphatic imine (C=N–C) groups is 1. The highest BCUT2D eigenvalue weighted by Crippen LogP contribution is 2.20. The van der Waals surface area contributed by atoms with Gasteiger partial charge in [0.1, 0.15) is 11.2 Å². The average Bonchev–Trinajstić information content (AvgIpc) is 2.51. The van der Waals surface area contributed by atoms with E-state index in [1.165, 1.54) is 13.0 Å². The molecule has 0 saturated carbocycles. The summed E-state index contributed by atoms with van der Waals surface area (Å²) in [5.41, 5.74) is -1.49. The quantitative estimate of drug-likeness (QED) is 0.384. The fraction of sp³-hybridized carbons (Fsp3) is 0.650. The number of aliphatic carboxylic acids is 1. The summed E-state index contributed by atoms with van der Waals surface area (Å²) in [4.78, 5) is 51.1. The minimum absolute atomic E-state index is 0.0175. The van der Waals surface area contributed by atoms with Crippen molar-refractivity contribution in [2.24, 2.45) is 4.99 Å². The summed E-state index contributed by atoms with van der Waals surface area (Å²) >= 11 is 0. The maximum Gasteiger partial charge on any atom is 0.437 e. The Bertz CT molecular complexity index is 775. The van der Waals surface area contributed by atoms with Crippen molar-refractivity contribution in [3.63, 3.8) is 0 Å². The van der Waals surface area contributed by atoms with Gasteiger partial charge in [-0.05, 0) is 48.0 Å². The zero-order valence-corrected chi connectivity index (χ0v) is 19.0. The van der Waals surface area contributed by atoms with E-state index in [2.05, 4.69) is 20.9 Å². The predicted molar refractivity (Wildman–Crippen MR) is 113 cm³/mol. The van der Waals surface area contributed by atoms with Crippen LogP contribution in [0.4, 0.5) is 9.59 Å². The molecule has 0 radical (unpaired) electrons. The van der Waals surface area contributed by atoms with Gasteiger partial charge in [-0.3, -0.25) is 10.1 Å². The normalized spacial score (nSPS) is 19.6. The molecule has 31 heavy (non-hydrogen) atoms. The smallest absolute Gasteiger partial charge is 0.437 e. The van der Waals surface area contributed by atoms with Gasteiger partial charge in [0.25, 0.3) is 0 Å². The van der Waals surface area contributed by atoms with Crippen LogP contribution in [-0.4, -0.2) is 58.4 Å². The minimum atomic E-state index is -1.10. The van der Waals surface area contributed by atoms with Gasteiger partial charge in [0, 0.05) is 18.9 Å². The summed E-state index contributed by atoms with van der Waals surface area (Å²) in [6.45, 7) is 11.3. The number of nitrogens with zero attached hydrogens (tertiary/aromatic N) is 1. The van der Waals surface area contributed by atoms with Crippen molar-refractivity contribution in [1.29, 1.82) is 0 Å². The summed E-state index contributed by atoms with van der Waals surface area (Å²) in [5, 5.41) is 17.3. The third-order valence-corrected chi connectivity index (χ3v) is 3.75. The molecular weight excluding hydrogens is 408 g/mol. The summed E-state index contributed by atoms with van der Waals surface area (Å²) in [5.74, 6) is -1.69. The monoisotopic (exact) mass is 440 g/mol. The fourth-order valence-electron chi connectivity index (χ4n) is 2.69. The standard InChI is InChI=1S/C20H32N4O7/c1-11(25)21-13-9-8-12(15(26)27)10-14(13)22-16(23-17(28)30-19(2,3)4)24-18(29)31-20(5,6)7/h8,13-14H,9-10H2,1-7H3,(H,21,25)(H,26,27)(H2,22,23,24,28,29)/t13-,14-/m0/s1. The summed E-state index contributed by atoms with van der Waals surface area (Å²) < 4.78 is 10.3. The van der Waals surface area contributed by atoms with Gasteiger partial charge in [-0.2, -0.15) is 0 Å². The lowest BCUT2D eigenvalue weighted by molar-refractivity contribution is -0.133. The molecule has 0 saturated heterocycles. The Morgan fingerprint density at radius 1 is 1.00 bits per heavy atom. The first kappa shape index (κ1) is 25.9. The molecule has 2 atom stereocenters. The van der Waals surface area contributed by atoms with Crippen molar-refractivity contribution in [1.82, 2.24) is 16.0 Å². The maximum atomic E-state index is 12.2. The van der Waals surface area contributed by atoms with Crippen molar-refractivity contribution >= 4 is 30.0 Å². The van der Waals surface area contributed by atoms with Gasteiger partial charge < -0.3 is 25.2 Å². The first-order chi connectivity index (χ1) is 14.1. The van der Waals surface area contributed by atoms with Crippen molar-refractivity contribution < 1.29 is 33.8 Å². The van der Waals surface area contributed by atoms with Crippen LogP contribution in [0.2, 0.25) is 0 Å². The molecule has 1 rings (SSSR count). The zero-order valence-electron chi connectivity index (χ0n) is 19.0. The van der Waals surface area contributed by atoms with Crippen LogP contribution < -0.4 is 16.0 Å². The molecule has 0 spiro atoms. The number of carbonyl (C=O) groups excluding carboxylic acids is 3. The molecule has 11 nitrogen and oxygen atoms in total. The number of rotatable bonds is 3. The molecule has 11 heteroatoms. The topological polar surface area (TPSA) is 155 Å². The Balaban J connectivity index is 3.15. The van der Waals surface area contributed by atoms with E-state index in [0.29, 0.717) is 0 Å². The van der Waals surface area contributed by atoms with Crippen molar-refractivity contribution in [2.45, 2.75) is 84.6 Å². The molecule has 174 valence electrons. The van der Waals surface area contributed by atoms with Crippen molar-refractivity contribution in [3.8, 4) is 0 Å². The van der Waals surface area contributed by atoms with Gasteiger partial charge in [0.2, 0.25) is 11.9 Å². The lowest BCUT2D eigenvalue weighted by Gasteiger charge is -2.32. The van der Waals surface area contributed by atoms with E-state index in [9.17, 15) is 24.3 Å². The van der Waals surface area contributed by atoms with E-state index in [1.807, 2.05) is 0 Å². The zero-order chi connectivity index (χ0) is 24.0. The Morgan fingerprint density at radius 3 is 2.06 bits per heavy atom. The van der Waals surface area contributed by atoms with Crippen LogP contribution in [0.1, 0.15) is 61.3 Å². The largest absolute Gasteiger partial charge is 0.478 e. The van der Waals surface area contributed by atoms with Crippen molar-refractivity contribution in [2.75, 3.05) is 0 Å². The van der Waals surface area contributed by atoms with Crippen LogP contribution >= 0.6 is 0 Å². The number of carboxylic acids is 1. The summed E-state index contributed by atoms with van der Waals surface area (Å²) in [6.07, 6.45) is -0.0583. The molecular formula is C20H32N4O7. The Labute approximate surface area is 181 Å². The van der Waals surface area contributed by atoms with Gasteiger partial charge in [-0.25, -0.2) is 14.4 Å². The Morgan fingerprint density at radius 2 is 1.58 bits per heavy atom. The maximum absolute atomic E-state index is 12.2. The molecule has 0 unspecified atom stereocenters. The van der Waals surface area contributed by atoms with E-state index in [1.54, 1.807) is 41.5 Å². The number of hydrogen-bond acceptors (Lipinski definition) is 6.